The zero-order valence-electron chi connectivity index (χ0n) is 17.0. The van der Waals surface area contributed by atoms with E-state index in [4.69, 9.17) is 4.74 Å². The van der Waals surface area contributed by atoms with Gasteiger partial charge in [0.1, 0.15) is 12.3 Å². The number of hydrogen-bond donors (Lipinski definition) is 2. The maximum Gasteiger partial charge on any atom is 0.243 e. The van der Waals surface area contributed by atoms with Gasteiger partial charge in [-0.1, -0.05) is 29.8 Å². The summed E-state index contributed by atoms with van der Waals surface area (Å²) in [6.45, 7) is 1.63. The number of para-hydroxylation sites is 1. The van der Waals surface area contributed by atoms with Gasteiger partial charge in [-0.3, -0.25) is 4.79 Å². The molecule has 1 aromatic carbocycles. The molecule has 3 rings (SSSR count). The number of guanidine groups is 1. The van der Waals surface area contributed by atoms with Crippen LogP contribution in [0.15, 0.2) is 40.9 Å². The molecule has 6 nitrogen and oxygen atoms in total. The van der Waals surface area contributed by atoms with Crippen molar-refractivity contribution in [1.82, 2.24) is 15.5 Å². The van der Waals surface area contributed by atoms with Crippen molar-refractivity contribution in [1.29, 1.82) is 0 Å². The van der Waals surface area contributed by atoms with Gasteiger partial charge in [0.2, 0.25) is 5.91 Å². The van der Waals surface area contributed by atoms with Crippen LogP contribution in [-0.2, 0) is 4.79 Å². The van der Waals surface area contributed by atoms with Crippen LogP contribution in [-0.4, -0.2) is 50.6 Å². The van der Waals surface area contributed by atoms with Crippen LogP contribution in [0.4, 0.5) is 0 Å². The summed E-state index contributed by atoms with van der Waals surface area (Å²) >= 11 is 0. The van der Waals surface area contributed by atoms with Gasteiger partial charge in [-0.2, -0.15) is 0 Å². The Hall–Kier alpha value is -2.50. The number of ether oxygens (including phenoxy) is 1. The number of carbonyl (C=O) groups is 1. The number of allylic oxidation sites excluding steroid dienone is 1. The molecule has 0 aromatic heterocycles. The summed E-state index contributed by atoms with van der Waals surface area (Å²) < 4.78 is 5.76. The van der Waals surface area contributed by atoms with Crippen molar-refractivity contribution in [3.05, 3.63) is 41.5 Å². The van der Waals surface area contributed by atoms with Gasteiger partial charge in [0, 0.05) is 32.6 Å². The minimum atomic E-state index is -0.0107. The van der Waals surface area contributed by atoms with Gasteiger partial charge in [0.05, 0.1) is 12.6 Å². The lowest BCUT2D eigenvalue weighted by molar-refractivity contribution is -0.127. The molecule has 2 N–H and O–H groups in total. The third-order valence-electron chi connectivity index (χ3n) is 5.26. The second kappa shape index (κ2) is 10.2. The fourth-order valence-corrected chi connectivity index (χ4v) is 3.57. The molecule has 1 aromatic rings. The Morgan fingerprint density at radius 3 is 2.93 bits per heavy atom. The van der Waals surface area contributed by atoms with Gasteiger partial charge < -0.3 is 20.3 Å². The van der Waals surface area contributed by atoms with E-state index in [0.29, 0.717) is 12.6 Å². The average Bonchev–Trinajstić information content (AvgIpc) is 2.72. The fraction of sp³-hybridized carbons (Fsp3) is 0.545. The first-order valence-electron chi connectivity index (χ1n) is 10.3. The Balaban J connectivity index is 1.64. The van der Waals surface area contributed by atoms with Crippen molar-refractivity contribution in [3.8, 4) is 5.75 Å². The van der Waals surface area contributed by atoms with Crippen LogP contribution < -0.4 is 15.4 Å². The summed E-state index contributed by atoms with van der Waals surface area (Å²) in [7, 11) is 3.51. The van der Waals surface area contributed by atoms with Crippen molar-refractivity contribution in [2.75, 3.05) is 33.8 Å². The van der Waals surface area contributed by atoms with Gasteiger partial charge in [-0.15, -0.1) is 0 Å². The Morgan fingerprint density at radius 1 is 1.29 bits per heavy atom. The number of carbonyl (C=O) groups excluding carboxylic acids is 1. The highest BCUT2D eigenvalue weighted by molar-refractivity contribution is 5.85. The van der Waals surface area contributed by atoms with Crippen LogP contribution in [0.2, 0.25) is 0 Å². The summed E-state index contributed by atoms with van der Waals surface area (Å²) in [5.41, 5.74) is 2.66. The standard InChI is InChI=1S/C22H32N4O2/c1-26(2)21(27)16-24-22(23-14-12-17-8-4-3-5-9-17)25-19-13-15-28-20-11-7-6-10-18(19)20/h6-8,10-11,19H,3-5,9,12-16H2,1-2H3,(H2,23,24,25). The third-order valence-corrected chi connectivity index (χ3v) is 5.26. The number of amides is 1. The molecular formula is C22H32N4O2. The molecule has 2 aliphatic rings. The molecule has 1 atom stereocenters. The van der Waals surface area contributed by atoms with Crippen LogP contribution in [0, 0.1) is 0 Å². The minimum Gasteiger partial charge on any atom is -0.493 e. The van der Waals surface area contributed by atoms with Gasteiger partial charge in [-0.05, 0) is 38.2 Å². The first-order chi connectivity index (χ1) is 13.6. The van der Waals surface area contributed by atoms with E-state index < -0.39 is 0 Å². The zero-order chi connectivity index (χ0) is 19.8. The predicted molar refractivity (Wildman–Crippen MR) is 113 cm³/mol. The van der Waals surface area contributed by atoms with E-state index in [1.54, 1.807) is 19.0 Å². The highest BCUT2D eigenvalue weighted by atomic mass is 16.5. The molecule has 1 aliphatic carbocycles. The number of nitrogens with zero attached hydrogens (tertiary/aromatic N) is 2. The third kappa shape index (κ3) is 5.75. The van der Waals surface area contributed by atoms with E-state index in [0.717, 1.165) is 30.7 Å². The molecular weight excluding hydrogens is 352 g/mol. The smallest absolute Gasteiger partial charge is 0.243 e. The van der Waals surface area contributed by atoms with Gasteiger partial charge in [0.25, 0.3) is 0 Å². The lowest BCUT2D eigenvalue weighted by Gasteiger charge is -2.28. The van der Waals surface area contributed by atoms with Crippen molar-refractivity contribution < 1.29 is 9.53 Å². The van der Waals surface area contributed by atoms with E-state index in [9.17, 15) is 4.79 Å². The summed E-state index contributed by atoms with van der Waals surface area (Å²) in [6, 6.07) is 8.22. The predicted octanol–water partition coefficient (Wildman–Crippen LogP) is 3.02. The van der Waals surface area contributed by atoms with Crippen LogP contribution in [0.3, 0.4) is 0 Å². The summed E-state index contributed by atoms with van der Waals surface area (Å²) in [5.74, 6) is 1.60. The van der Waals surface area contributed by atoms with Crippen LogP contribution in [0.25, 0.3) is 0 Å². The van der Waals surface area contributed by atoms with Crippen LogP contribution in [0.1, 0.15) is 50.1 Å². The van der Waals surface area contributed by atoms with Gasteiger partial charge >= 0.3 is 0 Å². The number of fused-ring (bicyclic) bond motifs is 1. The van der Waals surface area contributed by atoms with E-state index in [1.165, 1.54) is 31.3 Å². The number of benzene rings is 1. The van der Waals surface area contributed by atoms with Crippen molar-refractivity contribution >= 4 is 11.9 Å². The lowest BCUT2D eigenvalue weighted by atomic mass is 9.97. The monoisotopic (exact) mass is 384 g/mol. The van der Waals surface area contributed by atoms with Gasteiger partial charge in [-0.25, -0.2) is 4.99 Å². The minimum absolute atomic E-state index is 0.0107. The first kappa shape index (κ1) is 20.2. The quantitative estimate of drug-likeness (QED) is 0.449. The fourth-order valence-electron chi connectivity index (χ4n) is 3.57. The molecule has 0 spiro atoms. The van der Waals surface area contributed by atoms with Crippen LogP contribution >= 0.6 is 0 Å². The maximum atomic E-state index is 12.0. The Bertz CT molecular complexity index is 727. The normalized spacial score (nSPS) is 19.1. The largest absolute Gasteiger partial charge is 0.493 e. The Morgan fingerprint density at radius 2 is 2.14 bits per heavy atom. The lowest BCUT2D eigenvalue weighted by Crippen LogP contribution is -2.42. The first-order valence-corrected chi connectivity index (χ1v) is 10.3. The number of hydrogen-bond acceptors (Lipinski definition) is 3. The number of nitrogens with one attached hydrogen (secondary N) is 2. The molecule has 0 radical (unpaired) electrons. The molecule has 0 fully saturated rings. The average molecular weight is 385 g/mol. The van der Waals surface area contributed by atoms with Gasteiger partial charge in [0.15, 0.2) is 5.96 Å². The summed E-state index contributed by atoms with van der Waals surface area (Å²) in [6.07, 6.45) is 9.26. The van der Waals surface area contributed by atoms with E-state index in [2.05, 4.69) is 27.8 Å². The van der Waals surface area contributed by atoms with Crippen molar-refractivity contribution in [2.45, 2.75) is 44.6 Å². The van der Waals surface area contributed by atoms with Crippen LogP contribution in [0.5, 0.6) is 5.75 Å². The molecule has 6 heteroatoms. The highest BCUT2D eigenvalue weighted by Gasteiger charge is 2.22. The molecule has 1 amide bonds. The molecule has 0 bridgehead atoms. The second-order valence-corrected chi connectivity index (χ2v) is 7.61. The topological polar surface area (TPSA) is 66.0 Å². The van der Waals surface area contributed by atoms with E-state index in [-0.39, 0.29) is 18.5 Å². The second-order valence-electron chi connectivity index (χ2n) is 7.61. The maximum absolute atomic E-state index is 12.0. The molecule has 1 heterocycles. The van der Waals surface area contributed by atoms with Crippen molar-refractivity contribution in [3.63, 3.8) is 0 Å². The van der Waals surface area contributed by atoms with Crippen molar-refractivity contribution in [2.24, 2.45) is 4.99 Å². The molecule has 152 valence electrons. The molecule has 1 unspecified atom stereocenters. The number of likely N-dealkylation sites (N-methyl/N-ethyl adjacent to an activating group) is 1. The summed E-state index contributed by atoms with van der Waals surface area (Å²) in [5, 5.41) is 6.94. The molecule has 1 aliphatic heterocycles. The van der Waals surface area contributed by atoms with E-state index in [1.807, 2.05) is 18.2 Å². The number of aliphatic imine (C=N–C) groups is 1. The molecule has 28 heavy (non-hydrogen) atoms. The summed E-state index contributed by atoms with van der Waals surface area (Å²) in [4.78, 5) is 18.1. The highest BCUT2D eigenvalue weighted by Crippen LogP contribution is 2.31. The zero-order valence-corrected chi connectivity index (χ0v) is 17.0. The molecule has 0 saturated carbocycles. The Kier molecular flexibility index (Phi) is 7.34. The van der Waals surface area contributed by atoms with E-state index >= 15 is 0 Å². The molecule has 0 saturated heterocycles. The Labute approximate surface area is 168 Å². The SMILES string of the molecule is CN(C)C(=O)CN=C(NCCC1=CCCCC1)NC1CCOc2ccccc21. The number of rotatable bonds is 6.